The zero-order valence-corrected chi connectivity index (χ0v) is 11.8. The second-order valence-electron chi connectivity index (χ2n) is 3.32. The molecular weight excluding hydrogens is 341 g/mol. The van der Waals surface area contributed by atoms with Crippen molar-refractivity contribution in [2.45, 2.75) is 19.3 Å². The monoisotopic (exact) mass is 351 g/mol. The van der Waals surface area contributed by atoms with Gasteiger partial charge in [-0.2, -0.15) is 0 Å². The lowest BCUT2D eigenvalue weighted by molar-refractivity contribution is -0.116. The Labute approximate surface area is 111 Å². The predicted molar refractivity (Wildman–Crippen MR) is 70.4 cm³/mol. The molecule has 16 heavy (non-hydrogen) atoms. The molecule has 5 heteroatoms. The van der Waals surface area contributed by atoms with Gasteiger partial charge in [0.2, 0.25) is 5.91 Å². The van der Waals surface area contributed by atoms with Gasteiger partial charge in [-0.15, -0.1) is 0 Å². The Hall–Kier alpha value is -0.420. The van der Waals surface area contributed by atoms with Crippen LogP contribution >= 0.6 is 31.9 Å². The van der Waals surface area contributed by atoms with Gasteiger partial charge in [0.15, 0.2) is 0 Å². The smallest absolute Gasteiger partial charge is 0.224 e. The fraction of sp³-hybridized carbons (Fsp3) is 0.364. The van der Waals surface area contributed by atoms with Gasteiger partial charge in [-0.3, -0.25) is 4.79 Å². The van der Waals surface area contributed by atoms with Gasteiger partial charge >= 0.3 is 0 Å². The molecule has 0 aliphatic rings. The minimum Gasteiger partial charge on any atom is -0.324 e. The molecule has 0 bridgehead atoms. The van der Waals surface area contributed by atoms with Gasteiger partial charge in [0, 0.05) is 16.2 Å². The third-order valence-corrected chi connectivity index (χ3v) is 3.04. The van der Waals surface area contributed by atoms with Gasteiger partial charge in [-0.05, 0) is 31.0 Å². The first-order valence-electron chi connectivity index (χ1n) is 4.94. The summed E-state index contributed by atoms with van der Waals surface area (Å²) in [6.45, 7) is 0. The Balaban J connectivity index is 2.52. The number of amides is 1. The molecule has 0 aliphatic heterocycles. The number of rotatable bonds is 5. The average Bonchev–Trinajstić information content (AvgIpc) is 2.24. The highest BCUT2D eigenvalue weighted by molar-refractivity contribution is 9.10. The Kier molecular flexibility index (Phi) is 5.98. The number of benzene rings is 1. The van der Waals surface area contributed by atoms with Crippen molar-refractivity contribution < 1.29 is 9.18 Å². The summed E-state index contributed by atoms with van der Waals surface area (Å²) >= 11 is 6.52. The van der Waals surface area contributed by atoms with Gasteiger partial charge in [-0.1, -0.05) is 31.9 Å². The highest BCUT2D eigenvalue weighted by atomic mass is 79.9. The van der Waals surface area contributed by atoms with Crippen LogP contribution in [0.5, 0.6) is 0 Å². The van der Waals surface area contributed by atoms with E-state index in [2.05, 4.69) is 37.2 Å². The van der Waals surface area contributed by atoms with E-state index < -0.39 is 5.82 Å². The van der Waals surface area contributed by atoms with Crippen LogP contribution in [0.25, 0.3) is 0 Å². The molecule has 0 radical (unpaired) electrons. The molecule has 0 fully saturated rings. The fourth-order valence-electron chi connectivity index (χ4n) is 1.19. The van der Waals surface area contributed by atoms with Crippen LogP contribution in [-0.4, -0.2) is 11.2 Å². The molecular formula is C11H12Br2FNO. The van der Waals surface area contributed by atoms with E-state index in [1.165, 1.54) is 6.07 Å². The van der Waals surface area contributed by atoms with E-state index in [1.807, 2.05) is 0 Å². The lowest BCUT2D eigenvalue weighted by atomic mass is 10.2. The lowest BCUT2D eigenvalue weighted by Crippen LogP contribution is -2.12. The molecule has 0 aliphatic carbocycles. The lowest BCUT2D eigenvalue weighted by Gasteiger charge is -2.06. The van der Waals surface area contributed by atoms with Crippen molar-refractivity contribution in [2.24, 2.45) is 0 Å². The summed E-state index contributed by atoms with van der Waals surface area (Å²) in [6, 6.07) is 4.46. The minimum absolute atomic E-state index is 0.155. The van der Waals surface area contributed by atoms with Crippen LogP contribution in [0.4, 0.5) is 10.1 Å². The van der Waals surface area contributed by atoms with E-state index in [4.69, 9.17) is 0 Å². The van der Waals surface area contributed by atoms with Gasteiger partial charge in [0.05, 0.1) is 5.69 Å². The number of hydrogen-bond acceptors (Lipinski definition) is 1. The molecule has 88 valence electrons. The predicted octanol–water partition coefficient (Wildman–Crippen LogP) is 4.09. The van der Waals surface area contributed by atoms with Gasteiger partial charge in [0.1, 0.15) is 5.82 Å². The van der Waals surface area contributed by atoms with Crippen LogP contribution in [0.15, 0.2) is 22.7 Å². The van der Waals surface area contributed by atoms with E-state index in [1.54, 1.807) is 12.1 Å². The second kappa shape index (κ2) is 7.01. The number of hydrogen-bond donors (Lipinski definition) is 1. The van der Waals surface area contributed by atoms with Crippen LogP contribution in [-0.2, 0) is 4.79 Å². The quantitative estimate of drug-likeness (QED) is 0.627. The van der Waals surface area contributed by atoms with Crippen LogP contribution in [0.2, 0.25) is 0 Å². The van der Waals surface area contributed by atoms with Crippen LogP contribution in [0, 0.1) is 5.82 Å². The number of alkyl halides is 1. The minimum atomic E-state index is -0.419. The molecule has 1 amide bonds. The normalized spacial score (nSPS) is 10.2. The van der Waals surface area contributed by atoms with Crippen molar-refractivity contribution in [1.82, 2.24) is 0 Å². The molecule has 0 atom stereocenters. The number of anilines is 1. The highest BCUT2D eigenvalue weighted by Crippen LogP contribution is 2.20. The number of halogens is 3. The maximum absolute atomic E-state index is 13.3. The first-order chi connectivity index (χ1) is 7.63. The zero-order valence-electron chi connectivity index (χ0n) is 8.60. The Morgan fingerprint density at radius 3 is 2.81 bits per heavy atom. The third kappa shape index (κ3) is 4.61. The van der Waals surface area contributed by atoms with Crippen molar-refractivity contribution in [2.75, 3.05) is 10.6 Å². The Bertz CT molecular complexity index is 371. The molecule has 1 aromatic carbocycles. The summed E-state index contributed by atoms with van der Waals surface area (Å²) in [5, 5.41) is 3.43. The van der Waals surface area contributed by atoms with Gasteiger partial charge in [0.25, 0.3) is 0 Å². The number of carbonyl (C=O) groups is 1. The highest BCUT2D eigenvalue weighted by Gasteiger charge is 2.06. The maximum atomic E-state index is 13.3. The second-order valence-corrected chi connectivity index (χ2v) is 5.03. The van der Waals surface area contributed by atoms with Gasteiger partial charge < -0.3 is 5.32 Å². The van der Waals surface area contributed by atoms with E-state index >= 15 is 0 Å². The molecule has 0 unspecified atom stereocenters. The zero-order chi connectivity index (χ0) is 12.0. The first kappa shape index (κ1) is 13.6. The number of unbranched alkanes of at least 4 members (excludes halogenated alkanes) is 1. The Morgan fingerprint density at radius 1 is 1.38 bits per heavy atom. The molecule has 0 spiro atoms. The largest absolute Gasteiger partial charge is 0.324 e. The molecule has 0 saturated heterocycles. The topological polar surface area (TPSA) is 29.1 Å². The SMILES string of the molecule is O=C(CCCCBr)Nc1cc(Br)ccc1F. The van der Waals surface area contributed by atoms with Crippen LogP contribution in [0.1, 0.15) is 19.3 Å². The maximum Gasteiger partial charge on any atom is 0.224 e. The fourth-order valence-corrected chi connectivity index (χ4v) is 1.94. The number of nitrogens with one attached hydrogen (secondary N) is 1. The van der Waals surface area contributed by atoms with Crippen LogP contribution in [0.3, 0.4) is 0 Å². The van der Waals surface area contributed by atoms with Crippen LogP contribution < -0.4 is 5.32 Å². The summed E-state index contributed by atoms with van der Waals surface area (Å²) in [7, 11) is 0. The van der Waals surface area contributed by atoms with Crippen molar-refractivity contribution in [3.8, 4) is 0 Å². The van der Waals surface area contributed by atoms with E-state index in [0.717, 1.165) is 22.6 Å². The molecule has 1 aromatic rings. The van der Waals surface area contributed by atoms with E-state index in [0.29, 0.717) is 6.42 Å². The summed E-state index contributed by atoms with van der Waals surface area (Å²) in [5.41, 5.74) is 0.221. The molecule has 0 aromatic heterocycles. The van der Waals surface area contributed by atoms with Crippen molar-refractivity contribution >= 4 is 43.5 Å². The summed E-state index contributed by atoms with van der Waals surface area (Å²) in [4.78, 5) is 11.4. The third-order valence-electron chi connectivity index (χ3n) is 1.99. The average molecular weight is 353 g/mol. The van der Waals surface area contributed by atoms with E-state index in [-0.39, 0.29) is 11.6 Å². The van der Waals surface area contributed by atoms with Gasteiger partial charge in [-0.25, -0.2) is 4.39 Å². The van der Waals surface area contributed by atoms with Crippen molar-refractivity contribution in [1.29, 1.82) is 0 Å². The van der Waals surface area contributed by atoms with Crippen molar-refractivity contribution in [3.05, 3.63) is 28.5 Å². The summed E-state index contributed by atoms with van der Waals surface area (Å²) in [6.07, 6.45) is 2.15. The first-order valence-corrected chi connectivity index (χ1v) is 6.86. The molecule has 1 N–H and O–H groups in total. The van der Waals surface area contributed by atoms with E-state index in [9.17, 15) is 9.18 Å². The molecule has 1 rings (SSSR count). The molecule has 0 heterocycles. The molecule has 2 nitrogen and oxygen atoms in total. The summed E-state index contributed by atoms with van der Waals surface area (Å²) < 4.78 is 14.0. The Morgan fingerprint density at radius 2 is 2.12 bits per heavy atom. The number of carbonyl (C=O) groups excluding carboxylic acids is 1. The molecule has 0 saturated carbocycles. The summed E-state index contributed by atoms with van der Waals surface area (Å²) in [5.74, 6) is -0.574. The standard InChI is InChI=1S/C11H12Br2FNO/c12-6-2-1-3-11(16)15-10-7-8(13)4-5-9(10)14/h4-5,7H,1-3,6H2,(H,15,16). The van der Waals surface area contributed by atoms with Crippen molar-refractivity contribution in [3.63, 3.8) is 0 Å².